The molecule has 168 valence electrons. The number of nitrogens with one attached hydrogen (secondary N) is 1. The first-order valence-corrected chi connectivity index (χ1v) is 10.2. The Balaban J connectivity index is 1.30. The summed E-state index contributed by atoms with van der Waals surface area (Å²) in [5.41, 5.74) is 5.40. The molecule has 1 aliphatic heterocycles. The average molecular weight is 446 g/mol. The highest BCUT2D eigenvalue weighted by Gasteiger charge is 2.17. The lowest BCUT2D eigenvalue weighted by Crippen LogP contribution is -2.24. The van der Waals surface area contributed by atoms with E-state index in [2.05, 4.69) is 10.5 Å². The van der Waals surface area contributed by atoms with Crippen LogP contribution in [0, 0.1) is 13.8 Å². The Bertz CT molecular complexity index is 1220. The van der Waals surface area contributed by atoms with Gasteiger partial charge in [0, 0.05) is 0 Å². The smallest absolute Gasteiger partial charge is 0.343 e. The average Bonchev–Trinajstić information content (AvgIpc) is 3.28. The van der Waals surface area contributed by atoms with E-state index in [0.717, 1.165) is 11.1 Å². The van der Waals surface area contributed by atoms with Gasteiger partial charge in [-0.1, -0.05) is 24.3 Å². The van der Waals surface area contributed by atoms with Crippen LogP contribution in [0.15, 0.2) is 65.8 Å². The van der Waals surface area contributed by atoms with Gasteiger partial charge in [-0.2, -0.15) is 5.10 Å². The van der Waals surface area contributed by atoms with E-state index in [1.807, 2.05) is 32.0 Å². The third-order valence-corrected chi connectivity index (χ3v) is 4.78. The number of ether oxygens (including phenoxy) is 4. The summed E-state index contributed by atoms with van der Waals surface area (Å²) in [4.78, 5) is 24.5. The normalized spacial score (nSPS) is 11.9. The van der Waals surface area contributed by atoms with Crippen LogP contribution in [0.2, 0.25) is 0 Å². The standard InChI is InChI=1S/C25H22N2O6/c1-16-6-7-17(2)22(10-16)30-14-24(28)27-26-13-18-4-3-5-20(11-18)33-25(29)19-8-9-21-23(12-19)32-15-31-21/h3-13H,14-15H2,1-2H3,(H,27,28)/b26-13-. The first-order valence-electron chi connectivity index (χ1n) is 10.2. The van der Waals surface area contributed by atoms with E-state index in [9.17, 15) is 9.59 Å². The molecule has 8 heteroatoms. The Morgan fingerprint density at radius 3 is 2.76 bits per heavy atom. The summed E-state index contributed by atoms with van der Waals surface area (Å²) < 4.78 is 21.5. The van der Waals surface area contributed by atoms with Crippen LogP contribution in [0.5, 0.6) is 23.0 Å². The van der Waals surface area contributed by atoms with Crippen LogP contribution < -0.4 is 24.4 Å². The van der Waals surface area contributed by atoms with Gasteiger partial charge in [-0.25, -0.2) is 10.2 Å². The summed E-state index contributed by atoms with van der Waals surface area (Å²) in [5, 5.41) is 3.94. The van der Waals surface area contributed by atoms with Crippen LogP contribution in [-0.4, -0.2) is 31.5 Å². The molecule has 8 nitrogen and oxygen atoms in total. The molecule has 1 amide bonds. The molecule has 1 aliphatic rings. The summed E-state index contributed by atoms with van der Waals surface area (Å²) in [7, 11) is 0. The minimum absolute atomic E-state index is 0.128. The third-order valence-electron chi connectivity index (χ3n) is 4.78. The number of aryl methyl sites for hydroxylation is 2. The number of hydrogen-bond acceptors (Lipinski definition) is 7. The highest BCUT2D eigenvalue weighted by molar-refractivity contribution is 5.92. The number of hydrazone groups is 1. The number of hydrogen-bond donors (Lipinski definition) is 1. The number of esters is 1. The topological polar surface area (TPSA) is 95.5 Å². The number of carbonyl (C=O) groups is 2. The second kappa shape index (κ2) is 9.86. The Kier molecular flexibility index (Phi) is 6.54. The quantitative estimate of drug-likeness (QED) is 0.257. The Morgan fingerprint density at radius 2 is 1.88 bits per heavy atom. The lowest BCUT2D eigenvalue weighted by Gasteiger charge is -2.08. The minimum Gasteiger partial charge on any atom is -0.483 e. The van der Waals surface area contributed by atoms with Crippen LogP contribution in [0.3, 0.4) is 0 Å². The maximum atomic E-state index is 12.4. The highest BCUT2D eigenvalue weighted by Crippen LogP contribution is 2.32. The molecular formula is C25H22N2O6. The lowest BCUT2D eigenvalue weighted by molar-refractivity contribution is -0.123. The van der Waals surface area contributed by atoms with Crippen molar-refractivity contribution in [2.75, 3.05) is 13.4 Å². The first kappa shape index (κ1) is 21.9. The molecule has 1 heterocycles. The van der Waals surface area contributed by atoms with Gasteiger partial charge >= 0.3 is 5.97 Å². The molecule has 1 N–H and O–H groups in total. The van der Waals surface area contributed by atoms with Crippen molar-refractivity contribution in [3.8, 4) is 23.0 Å². The monoisotopic (exact) mass is 446 g/mol. The molecule has 3 aromatic rings. The molecule has 0 aliphatic carbocycles. The van der Waals surface area contributed by atoms with Crippen molar-refractivity contribution in [2.45, 2.75) is 13.8 Å². The fourth-order valence-electron chi connectivity index (χ4n) is 3.07. The van der Waals surface area contributed by atoms with Crippen molar-refractivity contribution < 1.29 is 28.5 Å². The molecule has 0 atom stereocenters. The number of rotatable bonds is 7. The van der Waals surface area contributed by atoms with Crippen LogP contribution in [0.4, 0.5) is 0 Å². The summed E-state index contributed by atoms with van der Waals surface area (Å²) in [6.07, 6.45) is 1.45. The van der Waals surface area contributed by atoms with Gasteiger partial charge in [0.2, 0.25) is 6.79 Å². The Morgan fingerprint density at radius 1 is 1.03 bits per heavy atom. The van der Waals surface area contributed by atoms with Gasteiger partial charge in [0.15, 0.2) is 18.1 Å². The second-order valence-corrected chi connectivity index (χ2v) is 7.38. The van der Waals surface area contributed by atoms with E-state index >= 15 is 0 Å². The van der Waals surface area contributed by atoms with Crippen molar-refractivity contribution in [3.05, 3.63) is 82.9 Å². The molecule has 3 aromatic carbocycles. The number of benzene rings is 3. The fourth-order valence-corrected chi connectivity index (χ4v) is 3.07. The van der Waals surface area contributed by atoms with Gasteiger partial charge in [-0.3, -0.25) is 4.79 Å². The van der Waals surface area contributed by atoms with E-state index < -0.39 is 11.9 Å². The van der Waals surface area contributed by atoms with Gasteiger partial charge in [0.1, 0.15) is 11.5 Å². The molecule has 33 heavy (non-hydrogen) atoms. The van der Waals surface area contributed by atoms with Crippen molar-refractivity contribution in [1.29, 1.82) is 0 Å². The zero-order chi connectivity index (χ0) is 23.2. The lowest BCUT2D eigenvalue weighted by atomic mass is 10.1. The zero-order valence-electron chi connectivity index (χ0n) is 18.2. The van der Waals surface area contributed by atoms with E-state index in [-0.39, 0.29) is 13.4 Å². The minimum atomic E-state index is -0.528. The molecule has 0 saturated heterocycles. The number of nitrogens with zero attached hydrogens (tertiary/aromatic N) is 1. The second-order valence-electron chi connectivity index (χ2n) is 7.38. The van der Waals surface area contributed by atoms with Crippen LogP contribution in [0.1, 0.15) is 27.0 Å². The van der Waals surface area contributed by atoms with Crippen LogP contribution >= 0.6 is 0 Å². The van der Waals surface area contributed by atoms with Gasteiger partial charge < -0.3 is 18.9 Å². The molecule has 0 aromatic heterocycles. The maximum Gasteiger partial charge on any atom is 0.343 e. The Hall–Kier alpha value is -4.33. The maximum absolute atomic E-state index is 12.4. The van der Waals surface area contributed by atoms with Gasteiger partial charge in [0.25, 0.3) is 5.91 Å². The largest absolute Gasteiger partial charge is 0.483 e. The van der Waals surface area contributed by atoms with Crippen molar-refractivity contribution in [1.82, 2.24) is 5.43 Å². The zero-order valence-corrected chi connectivity index (χ0v) is 18.2. The van der Waals surface area contributed by atoms with Crippen molar-refractivity contribution >= 4 is 18.1 Å². The summed E-state index contributed by atoms with van der Waals surface area (Å²) in [6, 6.07) is 17.4. The van der Waals surface area contributed by atoms with Crippen LogP contribution in [-0.2, 0) is 4.79 Å². The first-order chi connectivity index (χ1) is 16.0. The van der Waals surface area contributed by atoms with E-state index in [4.69, 9.17) is 18.9 Å². The summed E-state index contributed by atoms with van der Waals surface area (Å²) >= 11 is 0. The van der Waals surface area contributed by atoms with Crippen molar-refractivity contribution in [3.63, 3.8) is 0 Å². The number of amides is 1. The van der Waals surface area contributed by atoms with E-state index in [1.54, 1.807) is 42.5 Å². The number of fused-ring (bicyclic) bond motifs is 1. The Labute approximate surface area is 190 Å². The molecule has 0 fully saturated rings. The fraction of sp³-hybridized carbons (Fsp3) is 0.160. The number of carbonyl (C=O) groups excluding carboxylic acids is 2. The third kappa shape index (κ3) is 5.68. The predicted molar refractivity (Wildman–Crippen MR) is 121 cm³/mol. The summed E-state index contributed by atoms with van der Waals surface area (Å²) in [5.74, 6) is 1.17. The molecule has 0 bridgehead atoms. The molecule has 0 radical (unpaired) electrons. The summed E-state index contributed by atoms with van der Waals surface area (Å²) in [6.45, 7) is 3.84. The predicted octanol–water partition coefficient (Wildman–Crippen LogP) is 3.78. The SMILES string of the molecule is Cc1ccc(C)c(OCC(=O)N/N=C\c2cccc(OC(=O)c3ccc4c(c3)OCO4)c2)c1. The van der Waals surface area contributed by atoms with E-state index in [0.29, 0.717) is 34.1 Å². The molecular weight excluding hydrogens is 424 g/mol. The van der Waals surface area contributed by atoms with E-state index in [1.165, 1.54) is 6.21 Å². The molecule has 0 saturated carbocycles. The molecule has 4 rings (SSSR count). The van der Waals surface area contributed by atoms with Crippen molar-refractivity contribution in [2.24, 2.45) is 5.10 Å². The molecule has 0 spiro atoms. The van der Waals surface area contributed by atoms with Crippen LogP contribution in [0.25, 0.3) is 0 Å². The van der Waals surface area contributed by atoms with Gasteiger partial charge in [-0.05, 0) is 66.9 Å². The van der Waals surface area contributed by atoms with Gasteiger partial charge in [0.05, 0.1) is 11.8 Å². The van der Waals surface area contributed by atoms with Gasteiger partial charge in [-0.15, -0.1) is 0 Å². The highest BCUT2D eigenvalue weighted by atomic mass is 16.7. The molecule has 0 unspecified atom stereocenters.